The first-order chi connectivity index (χ1) is 12.5. The maximum atomic E-state index is 13.5. The minimum absolute atomic E-state index is 0.0298. The molecule has 1 radical (unpaired) electrons. The van der Waals surface area contributed by atoms with E-state index in [0.29, 0.717) is 19.0 Å². The molecule has 0 atom stereocenters. The fourth-order valence-electron chi connectivity index (χ4n) is 3.29. The second-order valence-electron chi connectivity index (χ2n) is 6.67. The monoisotopic (exact) mass is 394 g/mol. The van der Waals surface area contributed by atoms with Crippen molar-refractivity contribution in [2.24, 2.45) is 5.92 Å². The average Bonchev–Trinajstić information content (AvgIpc) is 2.65. The molecule has 2 aromatic rings. The minimum Gasteiger partial charge on any atom is -0.207 e. The molecular weight excluding hydrogens is 373 g/mol. The summed E-state index contributed by atoms with van der Waals surface area (Å²) >= 11 is 5.81. The highest BCUT2D eigenvalue weighted by Gasteiger charge is 2.28. The van der Waals surface area contributed by atoms with Gasteiger partial charge in [-0.25, -0.2) is 12.8 Å². The molecule has 6 heteroatoms. The smallest absolute Gasteiger partial charge is 0.207 e. The lowest BCUT2D eigenvalue weighted by Crippen LogP contribution is -2.35. The third-order valence-corrected chi connectivity index (χ3v) is 6.85. The van der Waals surface area contributed by atoms with Crippen LogP contribution in [0.25, 0.3) is 0 Å². The van der Waals surface area contributed by atoms with Crippen LogP contribution in [0.1, 0.15) is 31.2 Å². The van der Waals surface area contributed by atoms with E-state index in [1.807, 2.05) is 30.3 Å². The number of hydrogen-bond acceptors (Lipinski definition) is 2. The van der Waals surface area contributed by atoms with Crippen LogP contribution < -0.4 is 0 Å². The number of rotatable bonds is 6. The predicted molar refractivity (Wildman–Crippen MR) is 102 cm³/mol. The zero-order valence-electron chi connectivity index (χ0n) is 14.4. The molecule has 26 heavy (non-hydrogen) atoms. The summed E-state index contributed by atoms with van der Waals surface area (Å²) in [7, 11) is -3.77. The first-order valence-corrected chi connectivity index (χ1v) is 10.6. The van der Waals surface area contributed by atoms with Gasteiger partial charge in [-0.05, 0) is 61.8 Å². The number of halogens is 2. The van der Waals surface area contributed by atoms with Crippen LogP contribution in [0, 0.1) is 18.2 Å². The maximum Gasteiger partial charge on any atom is 0.243 e. The lowest BCUT2D eigenvalue weighted by molar-refractivity contribution is 0.295. The Balaban J connectivity index is 1.90. The van der Waals surface area contributed by atoms with E-state index in [2.05, 4.69) is 6.42 Å². The molecule has 0 aliphatic heterocycles. The molecular formula is C20H22ClFNO2S. The van der Waals surface area contributed by atoms with E-state index in [1.165, 1.54) is 16.4 Å². The summed E-state index contributed by atoms with van der Waals surface area (Å²) in [4.78, 5) is 0.0298. The maximum absolute atomic E-state index is 13.5. The van der Waals surface area contributed by atoms with Gasteiger partial charge in [-0.1, -0.05) is 41.9 Å². The molecule has 0 N–H and O–H groups in total. The molecule has 0 unspecified atom stereocenters. The average molecular weight is 395 g/mol. The summed E-state index contributed by atoms with van der Waals surface area (Å²) < 4.78 is 41.4. The summed E-state index contributed by atoms with van der Waals surface area (Å²) in [6, 6.07) is 13.1. The predicted octanol–water partition coefficient (Wildman–Crippen LogP) is 5.06. The molecule has 2 aromatic carbocycles. The standard InChI is InChI=1S/C20H22ClFNO2S/c21-19-13-18(11-12-20(19)22)26(24,25)23(14-16-7-3-1-4-8-16)15-17-9-5-2-6-10-17/h1-4,7-8,11-13,17H,5-6,9-10,14-15H2. The van der Waals surface area contributed by atoms with Gasteiger partial charge in [0.25, 0.3) is 0 Å². The molecule has 139 valence electrons. The van der Waals surface area contributed by atoms with Gasteiger partial charge in [0.1, 0.15) is 5.82 Å². The Hall–Kier alpha value is -1.43. The van der Waals surface area contributed by atoms with Crippen molar-refractivity contribution < 1.29 is 12.8 Å². The number of sulfonamides is 1. The van der Waals surface area contributed by atoms with Gasteiger partial charge in [-0.2, -0.15) is 4.31 Å². The Morgan fingerprint density at radius 2 is 1.77 bits per heavy atom. The van der Waals surface area contributed by atoms with Crippen molar-refractivity contribution in [3.8, 4) is 0 Å². The number of nitrogens with zero attached hydrogens (tertiary/aromatic N) is 1. The van der Waals surface area contributed by atoms with E-state index < -0.39 is 15.8 Å². The van der Waals surface area contributed by atoms with Crippen LogP contribution in [-0.4, -0.2) is 19.3 Å². The van der Waals surface area contributed by atoms with Gasteiger partial charge < -0.3 is 0 Å². The fourth-order valence-corrected chi connectivity index (χ4v) is 5.06. The summed E-state index contributed by atoms with van der Waals surface area (Å²) in [6.07, 6.45) is 6.28. The topological polar surface area (TPSA) is 37.4 Å². The summed E-state index contributed by atoms with van der Waals surface area (Å²) in [5, 5.41) is -0.182. The van der Waals surface area contributed by atoms with Crippen molar-refractivity contribution in [2.75, 3.05) is 6.54 Å². The SMILES string of the molecule is O=S(=O)(c1ccc(F)c(Cl)c1)N(Cc1ccccc1)CC1CC[CH]CC1. The summed E-state index contributed by atoms with van der Waals surface area (Å²) in [5.41, 5.74) is 0.923. The highest BCUT2D eigenvalue weighted by atomic mass is 35.5. The molecule has 0 aromatic heterocycles. The molecule has 0 heterocycles. The zero-order chi connectivity index (χ0) is 18.6. The summed E-state index contributed by atoms with van der Waals surface area (Å²) in [6.45, 7) is 0.748. The molecule has 0 saturated heterocycles. The van der Waals surface area contributed by atoms with Crippen molar-refractivity contribution in [3.63, 3.8) is 0 Å². The van der Waals surface area contributed by atoms with Gasteiger partial charge in [0.2, 0.25) is 10.0 Å². The van der Waals surface area contributed by atoms with Crippen molar-refractivity contribution in [2.45, 2.75) is 37.1 Å². The highest BCUT2D eigenvalue weighted by molar-refractivity contribution is 7.89. The van der Waals surface area contributed by atoms with Crippen LogP contribution >= 0.6 is 11.6 Å². The second kappa shape index (κ2) is 8.51. The third-order valence-electron chi connectivity index (χ3n) is 4.75. The Morgan fingerprint density at radius 3 is 2.42 bits per heavy atom. The fraction of sp³-hybridized carbons (Fsp3) is 0.350. The lowest BCUT2D eigenvalue weighted by atomic mass is 9.89. The Kier molecular flexibility index (Phi) is 6.33. The van der Waals surface area contributed by atoms with Crippen LogP contribution in [0.15, 0.2) is 53.4 Å². The quantitative estimate of drug-likeness (QED) is 0.686. The second-order valence-corrected chi connectivity index (χ2v) is 9.01. The van der Waals surface area contributed by atoms with Gasteiger partial charge in [-0.3, -0.25) is 0 Å². The van der Waals surface area contributed by atoms with E-state index >= 15 is 0 Å². The first-order valence-electron chi connectivity index (χ1n) is 8.77. The van der Waals surface area contributed by atoms with Gasteiger partial charge in [0, 0.05) is 13.1 Å². The van der Waals surface area contributed by atoms with E-state index in [4.69, 9.17) is 11.6 Å². The van der Waals surface area contributed by atoms with Crippen molar-refractivity contribution in [1.29, 1.82) is 0 Å². The molecule has 1 fully saturated rings. The first kappa shape index (κ1) is 19.3. The zero-order valence-corrected chi connectivity index (χ0v) is 16.0. The van der Waals surface area contributed by atoms with Crippen LogP contribution in [-0.2, 0) is 16.6 Å². The molecule has 0 spiro atoms. The van der Waals surface area contributed by atoms with Crippen molar-refractivity contribution in [1.82, 2.24) is 4.31 Å². The van der Waals surface area contributed by atoms with Gasteiger partial charge in [0.05, 0.1) is 9.92 Å². The molecule has 0 amide bonds. The summed E-state index contributed by atoms with van der Waals surface area (Å²) in [5.74, 6) is -0.294. The molecule has 3 nitrogen and oxygen atoms in total. The minimum atomic E-state index is -3.77. The van der Waals surface area contributed by atoms with E-state index in [9.17, 15) is 12.8 Å². The molecule has 3 rings (SSSR count). The van der Waals surface area contributed by atoms with Gasteiger partial charge in [-0.15, -0.1) is 0 Å². The van der Waals surface area contributed by atoms with Crippen LogP contribution in [0.5, 0.6) is 0 Å². The lowest BCUT2D eigenvalue weighted by Gasteiger charge is -2.29. The number of benzene rings is 2. The van der Waals surface area contributed by atoms with Crippen molar-refractivity contribution >= 4 is 21.6 Å². The largest absolute Gasteiger partial charge is 0.243 e. The molecule has 1 saturated carbocycles. The Bertz CT molecular complexity index is 836. The normalized spacial score (nSPS) is 16.1. The molecule has 1 aliphatic carbocycles. The Morgan fingerprint density at radius 1 is 1.08 bits per heavy atom. The number of hydrogen-bond donors (Lipinski definition) is 0. The van der Waals surface area contributed by atoms with Crippen molar-refractivity contribution in [3.05, 3.63) is 71.4 Å². The molecule has 1 aliphatic rings. The highest BCUT2D eigenvalue weighted by Crippen LogP contribution is 2.28. The molecule has 0 bridgehead atoms. The van der Waals surface area contributed by atoms with Crippen LogP contribution in [0.4, 0.5) is 4.39 Å². The van der Waals surface area contributed by atoms with Crippen LogP contribution in [0.2, 0.25) is 5.02 Å². The van der Waals surface area contributed by atoms with Gasteiger partial charge in [0.15, 0.2) is 0 Å². The van der Waals surface area contributed by atoms with E-state index in [1.54, 1.807) is 0 Å². The van der Waals surface area contributed by atoms with E-state index in [0.717, 1.165) is 37.3 Å². The van der Waals surface area contributed by atoms with Gasteiger partial charge >= 0.3 is 0 Å². The Labute approximate surface area is 159 Å². The van der Waals surface area contributed by atoms with Crippen LogP contribution in [0.3, 0.4) is 0 Å². The van der Waals surface area contributed by atoms with E-state index in [-0.39, 0.29) is 9.92 Å². The third kappa shape index (κ3) is 4.64.